The van der Waals surface area contributed by atoms with Gasteiger partial charge in [0.15, 0.2) is 0 Å². The van der Waals surface area contributed by atoms with Crippen LogP contribution >= 0.6 is 0 Å². The first-order valence-electron chi connectivity index (χ1n) is 7.19. The molecule has 1 aliphatic carbocycles. The lowest BCUT2D eigenvalue weighted by Gasteiger charge is -2.48. The Hall–Kier alpha value is -0.340. The number of nitrogens with zero attached hydrogens (tertiary/aromatic N) is 1. The molecule has 0 spiro atoms. The second-order valence-electron chi connectivity index (χ2n) is 5.59. The van der Waals surface area contributed by atoms with Gasteiger partial charge in [0.05, 0.1) is 0 Å². The van der Waals surface area contributed by atoms with Crippen LogP contribution in [0.5, 0.6) is 0 Å². The third-order valence-corrected chi connectivity index (χ3v) is 4.30. The molecule has 1 unspecified atom stereocenters. The number of hydrogen-bond donors (Lipinski definition) is 1. The van der Waals surface area contributed by atoms with Gasteiger partial charge in [-0.3, -0.25) is 0 Å². The standard InChI is InChI=1S/C15H30N2/c1-5-10-14(16-13-6-2)15(17(3)4)11-8-7-9-12-15/h5,14,16H,1,6-13H2,2-4H3. The van der Waals surface area contributed by atoms with Crippen molar-refractivity contribution < 1.29 is 0 Å². The molecule has 100 valence electrons. The fraction of sp³-hybridized carbons (Fsp3) is 0.867. The van der Waals surface area contributed by atoms with Crippen molar-refractivity contribution in [2.45, 2.75) is 63.5 Å². The van der Waals surface area contributed by atoms with Gasteiger partial charge in [0, 0.05) is 11.6 Å². The average Bonchev–Trinajstić information content (AvgIpc) is 2.35. The van der Waals surface area contributed by atoms with Crippen LogP contribution in [-0.4, -0.2) is 37.1 Å². The molecule has 1 aliphatic rings. The van der Waals surface area contributed by atoms with Crippen LogP contribution in [0, 0.1) is 0 Å². The summed E-state index contributed by atoms with van der Waals surface area (Å²) in [5.74, 6) is 0. The van der Waals surface area contributed by atoms with Crippen molar-refractivity contribution in [3.8, 4) is 0 Å². The summed E-state index contributed by atoms with van der Waals surface area (Å²) in [4.78, 5) is 2.46. The summed E-state index contributed by atoms with van der Waals surface area (Å²) in [6.45, 7) is 7.29. The molecule has 0 bridgehead atoms. The number of likely N-dealkylation sites (N-methyl/N-ethyl adjacent to an activating group) is 1. The van der Waals surface area contributed by atoms with Crippen molar-refractivity contribution >= 4 is 0 Å². The van der Waals surface area contributed by atoms with E-state index in [9.17, 15) is 0 Å². The molecule has 0 amide bonds. The van der Waals surface area contributed by atoms with E-state index < -0.39 is 0 Å². The predicted octanol–water partition coefficient (Wildman–Crippen LogP) is 3.20. The highest BCUT2D eigenvalue weighted by atomic mass is 15.2. The lowest BCUT2D eigenvalue weighted by atomic mass is 9.74. The molecule has 1 rings (SSSR count). The molecule has 17 heavy (non-hydrogen) atoms. The van der Waals surface area contributed by atoms with Gasteiger partial charge in [-0.1, -0.05) is 32.3 Å². The fourth-order valence-electron chi connectivity index (χ4n) is 3.25. The number of hydrogen-bond acceptors (Lipinski definition) is 2. The van der Waals surface area contributed by atoms with Gasteiger partial charge in [-0.25, -0.2) is 0 Å². The Morgan fingerprint density at radius 3 is 2.41 bits per heavy atom. The smallest absolute Gasteiger partial charge is 0.0359 e. The molecule has 1 fully saturated rings. The molecule has 1 atom stereocenters. The van der Waals surface area contributed by atoms with E-state index in [1.54, 1.807) is 0 Å². The molecule has 0 saturated heterocycles. The quantitative estimate of drug-likeness (QED) is 0.685. The Balaban J connectivity index is 2.78. The average molecular weight is 238 g/mol. The van der Waals surface area contributed by atoms with Crippen LogP contribution in [0.15, 0.2) is 12.7 Å². The SMILES string of the molecule is C=CCC(NCCC)C1(N(C)C)CCCCC1. The molecule has 0 aromatic carbocycles. The van der Waals surface area contributed by atoms with Crippen LogP contribution in [0.2, 0.25) is 0 Å². The molecule has 0 aromatic rings. The summed E-state index contributed by atoms with van der Waals surface area (Å²) in [6, 6.07) is 0.565. The van der Waals surface area contributed by atoms with E-state index in [0.717, 1.165) is 13.0 Å². The molecule has 1 N–H and O–H groups in total. The fourth-order valence-corrected chi connectivity index (χ4v) is 3.25. The zero-order valence-electron chi connectivity index (χ0n) is 12.0. The van der Waals surface area contributed by atoms with E-state index in [2.05, 4.69) is 43.9 Å². The molecule has 1 saturated carbocycles. The van der Waals surface area contributed by atoms with E-state index in [-0.39, 0.29) is 0 Å². The molecular weight excluding hydrogens is 208 g/mol. The van der Waals surface area contributed by atoms with E-state index in [1.165, 1.54) is 38.5 Å². The Morgan fingerprint density at radius 1 is 1.29 bits per heavy atom. The van der Waals surface area contributed by atoms with E-state index in [0.29, 0.717) is 11.6 Å². The minimum absolute atomic E-state index is 0.349. The van der Waals surface area contributed by atoms with Gasteiger partial charge in [-0.2, -0.15) is 0 Å². The summed E-state index contributed by atoms with van der Waals surface area (Å²) in [5, 5.41) is 3.75. The van der Waals surface area contributed by atoms with Crippen LogP contribution in [-0.2, 0) is 0 Å². The lowest BCUT2D eigenvalue weighted by Crippen LogP contribution is -2.59. The van der Waals surface area contributed by atoms with Gasteiger partial charge in [0.25, 0.3) is 0 Å². The predicted molar refractivity (Wildman–Crippen MR) is 76.4 cm³/mol. The van der Waals surface area contributed by atoms with Crippen molar-refractivity contribution in [2.75, 3.05) is 20.6 Å². The van der Waals surface area contributed by atoms with Crippen molar-refractivity contribution in [3.05, 3.63) is 12.7 Å². The van der Waals surface area contributed by atoms with E-state index in [4.69, 9.17) is 0 Å². The highest BCUT2D eigenvalue weighted by Crippen LogP contribution is 2.36. The second-order valence-corrected chi connectivity index (χ2v) is 5.59. The second kappa shape index (κ2) is 7.17. The van der Waals surface area contributed by atoms with E-state index in [1.807, 2.05) is 0 Å². The Bertz CT molecular complexity index is 217. The normalized spacial score (nSPS) is 21.4. The van der Waals surface area contributed by atoms with E-state index >= 15 is 0 Å². The van der Waals surface area contributed by atoms with Gasteiger partial charge in [-0.15, -0.1) is 6.58 Å². The van der Waals surface area contributed by atoms with Crippen molar-refractivity contribution in [1.29, 1.82) is 0 Å². The van der Waals surface area contributed by atoms with Crippen LogP contribution < -0.4 is 5.32 Å². The summed E-state index contributed by atoms with van der Waals surface area (Å²) in [6.07, 6.45) is 11.2. The topological polar surface area (TPSA) is 15.3 Å². The summed E-state index contributed by atoms with van der Waals surface area (Å²) in [7, 11) is 4.49. The Morgan fingerprint density at radius 2 is 1.94 bits per heavy atom. The van der Waals surface area contributed by atoms with Crippen molar-refractivity contribution in [2.24, 2.45) is 0 Å². The molecule has 0 aromatic heterocycles. The highest BCUT2D eigenvalue weighted by molar-refractivity contribution is 5.02. The minimum Gasteiger partial charge on any atom is -0.312 e. The van der Waals surface area contributed by atoms with Crippen LogP contribution in [0.1, 0.15) is 51.9 Å². The Kier molecular flexibility index (Phi) is 6.21. The van der Waals surface area contributed by atoms with Crippen molar-refractivity contribution in [3.63, 3.8) is 0 Å². The summed E-state index contributed by atoms with van der Waals surface area (Å²) >= 11 is 0. The molecular formula is C15H30N2. The van der Waals surface area contributed by atoms with Crippen LogP contribution in [0.25, 0.3) is 0 Å². The molecule has 2 nitrogen and oxygen atoms in total. The largest absolute Gasteiger partial charge is 0.312 e. The number of rotatable bonds is 7. The third kappa shape index (κ3) is 3.56. The maximum absolute atomic E-state index is 3.94. The van der Waals surface area contributed by atoms with Gasteiger partial charge in [-0.05, 0) is 46.3 Å². The molecule has 2 heteroatoms. The molecule has 0 radical (unpaired) electrons. The van der Waals surface area contributed by atoms with Crippen LogP contribution in [0.3, 0.4) is 0 Å². The van der Waals surface area contributed by atoms with Gasteiger partial charge >= 0.3 is 0 Å². The first-order valence-corrected chi connectivity index (χ1v) is 7.19. The lowest BCUT2D eigenvalue weighted by molar-refractivity contribution is 0.0579. The van der Waals surface area contributed by atoms with Gasteiger partial charge in [0.2, 0.25) is 0 Å². The zero-order valence-corrected chi connectivity index (χ0v) is 12.0. The maximum atomic E-state index is 3.94. The van der Waals surface area contributed by atoms with Crippen LogP contribution in [0.4, 0.5) is 0 Å². The maximum Gasteiger partial charge on any atom is 0.0359 e. The summed E-state index contributed by atoms with van der Waals surface area (Å²) in [5.41, 5.74) is 0.349. The third-order valence-electron chi connectivity index (χ3n) is 4.30. The van der Waals surface area contributed by atoms with Gasteiger partial charge < -0.3 is 10.2 Å². The Labute approximate surface area is 107 Å². The monoisotopic (exact) mass is 238 g/mol. The first kappa shape index (κ1) is 14.7. The zero-order chi connectivity index (χ0) is 12.7. The molecule has 0 aliphatic heterocycles. The number of nitrogens with one attached hydrogen (secondary N) is 1. The highest BCUT2D eigenvalue weighted by Gasteiger charge is 2.40. The summed E-state index contributed by atoms with van der Waals surface area (Å²) < 4.78 is 0. The van der Waals surface area contributed by atoms with Gasteiger partial charge in [0.1, 0.15) is 0 Å². The molecule has 0 heterocycles. The van der Waals surface area contributed by atoms with Crippen molar-refractivity contribution in [1.82, 2.24) is 10.2 Å². The minimum atomic E-state index is 0.349. The first-order chi connectivity index (χ1) is 8.17.